The van der Waals surface area contributed by atoms with E-state index in [9.17, 15) is 0 Å². The van der Waals surface area contributed by atoms with E-state index in [0.717, 1.165) is 26.9 Å². The first-order valence-electron chi connectivity index (χ1n) is 6.85. The molecular weight excluding hydrogens is 326 g/mol. The molecule has 0 aliphatic heterocycles. The molecule has 0 fully saturated rings. The van der Waals surface area contributed by atoms with Crippen LogP contribution in [0.4, 0.5) is 0 Å². The van der Waals surface area contributed by atoms with Gasteiger partial charge in [0.15, 0.2) is 0 Å². The van der Waals surface area contributed by atoms with Crippen molar-refractivity contribution in [3.8, 4) is 11.5 Å². The van der Waals surface area contributed by atoms with Crippen LogP contribution in [-0.2, 0) is 0 Å². The number of fused-ring (bicyclic) bond motifs is 1. The Morgan fingerprint density at radius 2 is 1.67 bits per heavy atom. The minimum absolute atomic E-state index is 0.0578. The maximum atomic E-state index is 6.02. The maximum absolute atomic E-state index is 6.02. The van der Waals surface area contributed by atoms with Gasteiger partial charge in [-0.3, -0.25) is 0 Å². The van der Waals surface area contributed by atoms with Crippen molar-refractivity contribution in [2.75, 3.05) is 0 Å². The molecule has 0 aliphatic carbocycles. The molecule has 3 rings (SSSR count). The van der Waals surface area contributed by atoms with E-state index in [0.29, 0.717) is 0 Å². The molecule has 0 aromatic heterocycles. The van der Waals surface area contributed by atoms with Crippen LogP contribution >= 0.6 is 15.9 Å². The summed E-state index contributed by atoms with van der Waals surface area (Å²) < 4.78 is 7.09. The molecule has 0 bridgehead atoms. The molecule has 0 aliphatic rings. The Hall–Kier alpha value is -1.84. The van der Waals surface area contributed by atoms with E-state index < -0.39 is 0 Å². The van der Waals surface area contributed by atoms with E-state index in [4.69, 9.17) is 10.5 Å². The molecule has 0 radical (unpaired) electrons. The van der Waals surface area contributed by atoms with Crippen LogP contribution < -0.4 is 10.5 Å². The van der Waals surface area contributed by atoms with Gasteiger partial charge in [0.05, 0.1) is 0 Å². The van der Waals surface area contributed by atoms with Gasteiger partial charge in [0.25, 0.3) is 0 Å². The molecule has 0 unspecified atom stereocenters. The Morgan fingerprint density at radius 3 is 2.48 bits per heavy atom. The topological polar surface area (TPSA) is 35.2 Å². The van der Waals surface area contributed by atoms with Gasteiger partial charge in [0, 0.05) is 16.1 Å². The Labute approximate surface area is 132 Å². The molecule has 2 N–H and O–H groups in total. The van der Waals surface area contributed by atoms with Gasteiger partial charge in [-0.15, -0.1) is 0 Å². The lowest BCUT2D eigenvalue weighted by atomic mass is 10.1. The summed E-state index contributed by atoms with van der Waals surface area (Å²) in [5, 5.41) is 2.33. The zero-order chi connectivity index (χ0) is 14.8. The molecule has 3 aromatic carbocycles. The van der Waals surface area contributed by atoms with Gasteiger partial charge in [0.1, 0.15) is 11.5 Å². The Morgan fingerprint density at radius 1 is 0.952 bits per heavy atom. The summed E-state index contributed by atoms with van der Waals surface area (Å²) in [5.41, 5.74) is 7.00. The van der Waals surface area contributed by atoms with Crippen molar-refractivity contribution in [1.82, 2.24) is 0 Å². The normalized spacial score (nSPS) is 12.3. The molecule has 3 heteroatoms. The lowest BCUT2D eigenvalue weighted by Gasteiger charge is -2.14. The maximum Gasteiger partial charge on any atom is 0.132 e. The molecule has 0 saturated carbocycles. The van der Waals surface area contributed by atoms with Gasteiger partial charge in [-0.1, -0.05) is 46.3 Å². The second-order valence-corrected chi connectivity index (χ2v) is 6.00. The standard InChI is InChI=1S/C18H16BrNO/c1-12(20)17-4-2-3-5-18(17)21-16-9-7-13-10-15(19)8-6-14(13)11-16/h2-12H,20H2,1H3/t12-/m1/s1. The molecule has 0 spiro atoms. The number of hydrogen-bond acceptors (Lipinski definition) is 2. The molecule has 0 amide bonds. The fourth-order valence-electron chi connectivity index (χ4n) is 2.33. The number of nitrogens with two attached hydrogens (primary N) is 1. The van der Waals surface area contributed by atoms with Crippen molar-refractivity contribution in [3.05, 3.63) is 70.7 Å². The van der Waals surface area contributed by atoms with Gasteiger partial charge in [-0.05, 0) is 48.0 Å². The largest absolute Gasteiger partial charge is 0.457 e. The van der Waals surface area contributed by atoms with Gasteiger partial charge in [-0.2, -0.15) is 0 Å². The number of hydrogen-bond donors (Lipinski definition) is 1. The smallest absolute Gasteiger partial charge is 0.132 e. The second-order valence-electron chi connectivity index (χ2n) is 5.08. The van der Waals surface area contributed by atoms with E-state index in [1.807, 2.05) is 49.4 Å². The van der Waals surface area contributed by atoms with E-state index >= 15 is 0 Å². The highest BCUT2D eigenvalue weighted by Gasteiger charge is 2.08. The molecule has 3 aromatic rings. The summed E-state index contributed by atoms with van der Waals surface area (Å²) in [4.78, 5) is 0. The van der Waals surface area contributed by atoms with Crippen LogP contribution in [0, 0.1) is 0 Å². The first kappa shape index (κ1) is 14.1. The second kappa shape index (κ2) is 5.88. The van der Waals surface area contributed by atoms with Crippen molar-refractivity contribution in [1.29, 1.82) is 0 Å². The van der Waals surface area contributed by atoms with Crippen LogP contribution in [0.3, 0.4) is 0 Å². The highest BCUT2D eigenvalue weighted by Crippen LogP contribution is 2.31. The number of halogens is 1. The summed E-state index contributed by atoms with van der Waals surface area (Å²) in [5.74, 6) is 1.63. The molecule has 106 valence electrons. The van der Waals surface area contributed by atoms with Crippen molar-refractivity contribution in [2.24, 2.45) is 5.73 Å². The van der Waals surface area contributed by atoms with Crippen molar-refractivity contribution >= 4 is 26.7 Å². The fraction of sp³-hybridized carbons (Fsp3) is 0.111. The molecule has 21 heavy (non-hydrogen) atoms. The zero-order valence-corrected chi connectivity index (χ0v) is 13.3. The van der Waals surface area contributed by atoms with Crippen LogP contribution in [0.5, 0.6) is 11.5 Å². The summed E-state index contributed by atoms with van der Waals surface area (Å²) in [6, 6.07) is 20.1. The predicted octanol–water partition coefficient (Wildman–Crippen LogP) is 5.41. The van der Waals surface area contributed by atoms with Gasteiger partial charge in [0.2, 0.25) is 0 Å². The fourth-order valence-corrected chi connectivity index (χ4v) is 2.71. The van der Waals surface area contributed by atoms with Crippen molar-refractivity contribution < 1.29 is 4.74 Å². The third-order valence-electron chi connectivity index (χ3n) is 3.41. The summed E-state index contributed by atoms with van der Waals surface area (Å²) in [6.07, 6.45) is 0. The first-order chi connectivity index (χ1) is 10.1. The van der Waals surface area contributed by atoms with Crippen LogP contribution in [0.2, 0.25) is 0 Å². The first-order valence-corrected chi connectivity index (χ1v) is 7.64. The Bertz CT molecular complexity index is 783. The van der Waals surface area contributed by atoms with Crippen LogP contribution in [0.25, 0.3) is 10.8 Å². The molecule has 0 heterocycles. The third kappa shape index (κ3) is 3.09. The van der Waals surface area contributed by atoms with E-state index in [2.05, 4.69) is 34.1 Å². The average molecular weight is 342 g/mol. The molecule has 1 atom stereocenters. The van der Waals surface area contributed by atoms with Crippen LogP contribution in [0.15, 0.2) is 65.1 Å². The highest BCUT2D eigenvalue weighted by molar-refractivity contribution is 9.10. The van der Waals surface area contributed by atoms with E-state index in [-0.39, 0.29) is 6.04 Å². The summed E-state index contributed by atoms with van der Waals surface area (Å²) in [7, 11) is 0. The summed E-state index contributed by atoms with van der Waals surface area (Å²) >= 11 is 3.49. The van der Waals surface area contributed by atoms with Gasteiger partial charge >= 0.3 is 0 Å². The van der Waals surface area contributed by atoms with Gasteiger partial charge in [-0.25, -0.2) is 0 Å². The monoisotopic (exact) mass is 341 g/mol. The number of ether oxygens (including phenoxy) is 1. The Balaban J connectivity index is 1.97. The summed E-state index contributed by atoms with van der Waals surface area (Å²) in [6.45, 7) is 1.96. The van der Waals surface area contributed by atoms with Gasteiger partial charge < -0.3 is 10.5 Å². The minimum atomic E-state index is -0.0578. The lowest BCUT2D eigenvalue weighted by Crippen LogP contribution is -2.06. The zero-order valence-electron chi connectivity index (χ0n) is 11.7. The SMILES string of the molecule is C[C@@H](N)c1ccccc1Oc1ccc2cc(Br)ccc2c1. The lowest BCUT2D eigenvalue weighted by molar-refractivity contribution is 0.473. The number of benzene rings is 3. The van der Waals surface area contributed by atoms with E-state index in [1.165, 1.54) is 5.39 Å². The van der Waals surface area contributed by atoms with E-state index in [1.54, 1.807) is 0 Å². The molecule has 2 nitrogen and oxygen atoms in total. The molecular formula is C18H16BrNO. The molecule has 0 saturated heterocycles. The van der Waals surface area contributed by atoms with Crippen molar-refractivity contribution in [3.63, 3.8) is 0 Å². The number of rotatable bonds is 3. The minimum Gasteiger partial charge on any atom is -0.457 e. The van der Waals surface area contributed by atoms with Crippen LogP contribution in [0.1, 0.15) is 18.5 Å². The van der Waals surface area contributed by atoms with Crippen molar-refractivity contribution in [2.45, 2.75) is 13.0 Å². The Kier molecular flexibility index (Phi) is 3.95. The number of para-hydroxylation sites is 1. The quantitative estimate of drug-likeness (QED) is 0.690. The highest BCUT2D eigenvalue weighted by atomic mass is 79.9. The third-order valence-corrected chi connectivity index (χ3v) is 3.90. The predicted molar refractivity (Wildman–Crippen MR) is 90.8 cm³/mol. The van der Waals surface area contributed by atoms with Crippen LogP contribution in [-0.4, -0.2) is 0 Å². The average Bonchev–Trinajstić information content (AvgIpc) is 2.48.